The summed E-state index contributed by atoms with van der Waals surface area (Å²) in [6.45, 7) is 6.37. The van der Waals surface area contributed by atoms with Gasteiger partial charge in [0.2, 0.25) is 0 Å². The highest BCUT2D eigenvalue weighted by molar-refractivity contribution is 7.99. The Morgan fingerprint density at radius 1 is 1.57 bits per heavy atom. The van der Waals surface area contributed by atoms with Crippen molar-refractivity contribution in [3.05, 3.63) is 11.6 Å². The van der Waals surface area contributed by atoms with Crippen LogP contribution in [0.5, 0.6) is 0 Å². The summed E-state index contributed by atoms with van der Waals surface area (Å²) in [6.07, 6.45) is 2.07. The molecule has 1 heterocycles. The van der Waals surface area contributed by atoms with Gasteiger partial charge in [-0.1, -0.05) is 13.0 Å². The molecule has 0 aromatic carbocycles. The number of esters is 1. The first-order chi connectivity index (χ1) is 6.65. The maximum absolute atomic E-state index is 11.3. The van der Waals surface area contributed by atoms with Gasteiger partial charge in [0, 0.05) is 5.57 Å². The highest BCUT2D eigenvalue weighted by Crippen LogP contribution is 2.31. The molecule has 2 unspecified atom stereocenters. The number of hydrogen-bond acceptors (Lipinski definition) is 3. The SMILES string of the molecule is CCOC(=O)/C(C)=C/C1CSCC1C. The summed E-state index contributed by atoms with van der Waals surface area (Å²) in [5.41, 5.74) is 0.756. The molecule has 0 aliphatic carbocycles. The molecule has 0 bridgehead atoms. The summed E-state index contributed by atoms with van der Waals surface area (Å²) in [5, 5.41) is 0. The molecule has 14 heavy (non-hydrogen) atoms. The lowest BCUT2D eigenvalue weighted by Gasteiger charge is -2.10. The largest absolute Gasteiger partial charge is 0.463 e. The Morgan fingerprint density at radius 2 is 2.29 bits per heavy atom. The Kier molecular flexibility index (Phi) is 4.52. The van der Waals surface area contributed by atoms with Gasteiger partial charge >= 0.3 is 5.97 Å². The molecule has 2 atom stereocenters. The van der Waals surface area contributed by atoms with Gasteiger partial charge in [-0.15, -0.1) is 0 Å². The van der Waals surface area contributed by atoms with E-state index in [-0.39, 0.29) is 5.97 Å². The van der Waals surface area contributed by atoms with Crippen molar-refractivity contribution in [1.82, 2.24) is 0 Å². The van der Waals surface area contributed by atoms with Crippen LogP contribution < -0.4 is 0 Å². The molecule has 0 spiro atoms. The van der Waals surface area contributed by atoms with Crippen LogP contribution in [0.25, 0.3) is 0 Å². The van der Waals surface area contributed by atoms with Crippen LogP contribution in [0.2, 0.25) is 0 Å². The minimum Gasteiger partial charge on any atom is -0.463 e. The third-order valence-electron chi connectivity index (χ3n) is 2.48. The van der Waals surface area contributed by atoms with E-state index in [1.807, 2.05) is 25.6 Å². The number of hydrogen-bond donors (Lipinski definition) is 0. The maximum atomic E-state index is 11.3. The number of thioether (sulfide) groups is 1. The van der Waals surface area contributed by atoms with Gasteiger partial charge in [-0.25, -0.2) is 4.79 Å². The van der Waals surface area contributed by atoms with Crippen LogP contribution in [0, 0.1) is 11.8 Å². The van der Waals surface area contributed by atoms with E-state index in [1.54, 1.807) is 0 Å². The fourth-order valence-corrected chi connectivity index (χ4v) is 2.98. The molecule has 0 radical (unpaired) electrons. The molecule has 1 fully saturated rings. The number of carbonyl (C=O) groups excluding carboxylic acids is 1. The van der Waals surface area contributed by atoms with Crippen LogP contribution in [0.3, 0.4) is 0 Å². The second-order valence-electron chi connectivity index (χ2n) is 3.75. The summed E-state index contributed by atoms with van der Waals surface area (Å²) in [4.78, 5) is 11.3. The van der Waals surface area contributed by atoms with Gasteiger partial charge in [-0.3, -0.25) is 0 Å². The van der Waals surface area contributed by atoms with Crippen LogP contribution in [-0.2, 0) is 9.53 Å². The van der Waals surface area contributed by atoms with Crippen LogP contribution >= 0.6 is 11.8 Å². The Balaban J connectivity index is 2.53. The van der Waals surface area contributed by atoms with E-state index >= 15 is 0 Å². The summed E-state index contributed by atoms with van der Waals surface area (Å²) in [5.74, 6) is 3.40. The van der Waals surface area contributed by atoms with Gasteiger partial charge in [-0.2, -0.15) is 11.8 Å². The third-order valence-corrected chi connectivity index (χ3v) is 3.87. The summed E-state index contributed by atoms with van der Waals surface area (Å²) in [7, 11) is 0. The Labute approximate surface area is 90.1 Å². The standard InChI is InChI=1S/C11H18O2S/c1-4-13-11(12)8(2)5-10-7-14-6-9(10)3/h5,9-10H,4,6-7H2,1-3H3/b8-5+. The quantitative estimate of drug-likeness (QED) is 0.533. The van der Waals surface area contributed by atoms with E-state index in [9.17, 15) is 4.79 Å². The minimum atomic E-state index is -0.170. The minimum absolute atomic E-state index is 0.170. The third kappa shape index (κ3) is 3.05. The summed E-state index contributed by atoms with van der Waals surface area (Å²) < 4.78 is 4.94. The van der Waals surface area contributed by atoms with Crippen molar-refractivity contribution in [3.8, 4) is 0 Å². The second-order valence-corrected chi connectivity index (χ2v) is 4.82. The van der Waals surface area contributed by atoms with Crippen molar-refractivity contribution >= 4 is 17.7 Å². The van der Waals surface area contributed by atoms with Gasteiger partial charge in [0.1, 0.15) is 0 Å². The molecule has 0 N–H and O–H groups in total. The fourth-order valence-electron chi connectivity index (χ4n) is 1.52. The Hall–Kier alpha value is -0.440. The molecular formula is C11H18O2S. The van der Waals surface area contributed by atoms with E-state index in [1.165, 1.54) is 5.75 Å². The van der Waals surface area contributed by atoms with Gasteiger partial charge in [0.25, 0.3) is 0 Å². The lowest BCUT2D eigenvalue weighted by Crippen LogP contribution is -2.10. The average molecular weight is 214 g/mol. The first-order valence-corrected chi connectivity index (χ1v) is 6.24. The molecular weight excluding hydrogens is 196 g/mol. The normalized spacial score (nSPS) is 27.8. The van der Waals surface area contributed by atoms with Crippen molar-refractivity contribution < 1.29 is 9.53 Å². The van der Waals surface area contributed by atoms with Crippen molar-refractivity contribution in [2.75, 3.05) is 18.1 Å². The van der Waals surface area contributed by atoms with E-state index in [2.05, 4.69) is 13.0 Å². The fraction of sp³-hybridized carbons (Fsp3) is 0.727. The Morgan fingerprint density at radius 3 is 2.79 bits per heavy atom. The number of rotatable bonds is 3. The van der Waals surface area contributed by atoms with Crippen molar-refractivity contribution in [1.29, 1.82) is 0 Å². The molecule has 80 valence electrons. The second kappa shape index (κ2) is 5.44. The molecule has 0 amide bonds. The van der Waals surface area contributed by atoms with E-state index in [0.717, 1.165) is 11.3 Å². The average Bonchev–Trinajstić information content (AvgIpc) is 2.52. The van der Waals surface area contributed by atoms with Gasteiger partial charge in [0.05, 0.1) is 6.61 Å². The smallest absolute Gasteiger partial charge is 0.333 e. The van der Waals surface area contributed by atoms with Gasteiger partial charge < -0.3 is 4.74 Å². The Bertz CT molecular complexity index is 235. The van der Waals surface area contributed by atoms with Gasteiger partial charge in [-0.05, 0) is 37.2 Å². The molecule has 0 saturated carbocycles. The first kappa shape index (κ1) is 11.6. The van der Waals surface area contributed by atoms with Crippen LogP contribution in [-0.4, -0.2) is 24.1 Å². The molecule has 0 aromatic heterocycles. The molecule has 1 saturated heterocycles. The molecule has 1 rings (SSSR count). The number of ether oxygens (including phenoxy) is 1. The highest BCUT2D eigenvalue weighted by atomic mass is 32.2. The van der Waals surface area contributed by atoms with Crippen molar-refractivity contribution in [2.45, 2.75) is 20.8 Å². The van der Waals surface area contributed by atoms with E-state index < -0.39 is 0 Å². The number of allylic oxidation sites excluding steroid dienone is 1. The molecule has 1 aliphatic heterocycles. The molecule has 2 nitrogen and oxygen atoms in total. The van der Waals surface area contributed by atoms with Crippen LogP contribution in [0.15, 0.2) is 11.6 Å². The lowest BCUT2D eigenvalue weighted by atomic mass is 9.96. The highest BCUT2D eigenvalue weighted by Gasteiger charge is 2.22. The monoisotopic (exact) mass is 214 g/mol. The topological polar surface area (TPSA) is 26.3 Å². The van der Waals surface area contributed by atoms with E-state index in [0.29, 0.717) is 18.4 Å². The van der Waals surface area contributed by atoms with Crippen molar-refractivity contribution in [3.63, 3.8) is 0 Å². The first-order valence-electron chi connectivity index (χ1n) is 5.08. The summed E-state index contributed by atoms with van der Waals surface area (Å²) >= 11 is 1.96. The predicted octanol–water partition coefficient (Wildman–Crippen LogP) is 2.49. The summed E-state index contributed by atoms with van der Waals surface area (Å²) in [6, 6.07) is 0. The molecule has 0 aromatic rings. The van der Waals surface area contributed by atoms with Crippen molar-refractivity contribution in [2.24, 2.45) is 11.8 Å². The molecule has 1 aliphatic rings. The maximum Gasteiger partial charge on any atom is 0.333 e. The predicted molar refractivity (Wildman–Crippen MR) is 60.4 cm³/mol. The zero-order valence-electron chi connectivity index (χ0n) is 9.08. The zero-order valence-corrected chi connectivity index (χ0v) is 9.89. The van der Waals surface area contributed by atoms with Crippen LogP contribution in [0.1, 0.15) is 20.8 Å². The lowest BCUT2D eigenvalue weighted by molar-refractivity contribution is -0.138. The van der Waals surface area contributed by atoms with Gasteiger partial charge in [0.15, 0.2) is 0 Å². The van der Waals surface area contributed by atoms with E-state index in [4.69, 9.17) is 4.74 Å². The zero-order chi connectivity index (χ0) is 10.6. The number of carbonyl (C=O) groups is 1. The molecule has 3 heteroatoms. The van der Waals surface area contributed by atoms with Crippen LogP contribution in [0.4, 0.5) is 0 Å².